The second-order valence-electron chi connectivity index (χ2n) is 8.86. The molecular formula is C25H30N4O5. The van der Waals surface area contributed by atoms with Crippen LogP contribution >= 0.6 is 0 Å². The molecular weight excluding hydrogens is 436 g/mol. The van der Waals surface area contributed by atoms with Gasteiger partial charge in [-0.2, -0.15) is 0 Å². The number of carbonyl (C=O) groups is 1. The molecule has 2 aromatic carbocycles. The van der Waals surface area contributed by atoms with Gasteiger partial charge in [0.25, 0.3) is 5.69 Å². The maximum Gasteiger partial charge on any atom is 0.414 e. The average Bonchev–Trinajstić information content (AvgIpc) is 3.15. The molecule has 9 heteroatoms. The van der Waals surface area contributed by atoms with Crippen LogP contribution in [0.5, 0.6) is 11.6 Å². The van der Waals surface area contributed by atoms with E-state index in [9.17, 15) is 14.9 Å². The minimum atomic E-state index is -0.521. The van der Waals surface area contributed by atoms with Crippen molar-refractivity contribution in [2.24, 2.45) is 0 Å². The summed E-state index contributed by atoms with van der Waals surface area (Å²) in [5, 5.41) is 14.9. The molecule has 1 fully saturated rings. The van der Waals surface area contributed by atoms with Crippen molar-refractivity contribution in [3.05, 3.63) is 64.2 Å². The number of nitro benzene ring substituents is 1. The number of rotatable bonds is 7. The van der Waals surface area contributed by atoms with Crippen LogP contribution in [0, 0.1) is 10.1 Å². The normalized spacial score (nSPS) is 14.9. The first-order valence-corrected chi connectivity index (χ1v) is 11.5. The minimum absolute atomic E-state index is 0.0149. The zero-order chi connectivity index (χ0) is 24.2. The van der Waals surface area contributed by atoms with Crippen LogP contribution in [0.2, 0.25) is 0 Å². The predicted octanol–water partition coefficient (Wildman–Crippen LogP) is 4.57. The number of nitro groups is 1. The largest absolute Gasteiger partial charge is 0.497 e. The first-order chi connectivity index (χ1) is 16.3. The second-order valence-corrected chi connectivity index (χ2v) is 8.86. The van der Waals surface area contributed by atoms with Gasteiger partial charge in [-0.05, 0) is 50.5 Å². The second kappa shape index (κ2) is 10.1. The maximum absolute atomic E-state index is 12.8. The Hall–Kier alpha value is -3.59. The number of ether oxygens (including phenoxy) is 2. The predicted molar refractivity (Wildman–Crippen MR) is 130 cm³/mol. The van der Waals surface area contributed by atoms with Crippen LogP contribution in [0.3, 0.4) is 0 Å². The van der Waals surface area contributed by atoms with Crippen molar-refractivity contribution in [3.8, 4) is 11.6 Å². The summed E-state index contributed by atoms with van der Waals surface area (Å²) in [5.74, 6) is 1.05. The van der Waals surface area contributed by atoms with E-state index in [0.717, 1.165) is 42.8 Å². The van der Waals surface area contributed by atoms with Gasteiger partial charge in [0, 0.05) is 48.8 Å². The van der Waals surface area contributed by atoms with E-state index in [0.29, 0.717) is 23.9 Å². The van der Waals surface area contributed by atoms with E-state index in [1.165, 1.54) is 12.1 Å². The van der Waals surface area contributed by atoms with Crippen LogP contribution in [0.15, 0.2) is 48.5 Å². The highest BCUT2D eigenvalue weighted by atomic mass is 16.6. The Balaban J connectivity index is 1.57. The number of hydrogen-bond donors (Lipinski definition) is 1. The summed E-state index contributed by atoms with van der Waals surface area (Å²) in [7, 11) is 1.60. The fraction of sp³-hybridized carbons (Fsp3) is 0.400. The highest BCUT2D eigenvalue weighted by Crippen LogP contribution is 2.30. The molecule has 0 atom stereocenters. The monoisotopic (exact) mass is 466 g/mol. The van der Waals surface area contributed by atoms with Crippen molar-refractivity contribution in [2.75, 3.05) is 20.2 Å². The number of non-ortho nitro benzene ring substituents is 1. The third-order valence-electron chi connectivity index (χ3n) is 6.31. The third kappa shape index (κ3) is 5.31. The van der Waals surface area contributed by atoms with E-state index in [2.05, 4.69) is 24.1 Å². The number of benzene rings is 2. The molecule has 1 N–H and O–H groups in total. The highest BCUT2D eigenvalue weighted by Gasteiger charge is 2.24. The van der Waals surface area contributed by atoms with Crippen molar-refractivity contribution >= 4 is 22.7 Å². The Labute approximate surface area is 198 Å². The average molecular weight is 467 g/mol. The van der Waals surface area contributed by atoms with E-state index >= 15 is 0 Å². The summed E-state index contributed by atoms with van der Waals surface area (Å²) in [6, 6.07) is 14.4. The lowest BCUT2D eigenvalue weighted by Gasteiger charge is -2.34. The summed E-state index contributed by atoms with van der Waals surface area (Å²) in [4.78, 5) is 26.0. The number of nitrogens with one attached hydrogen (secondary N) is 1. The lowest BCUT2D eigenvalue weighted by atomic mass is 10.0. The molecule has 0 unspecified atom stereocenters. The number of carbonyl (C=O) groups excluding carboxylic acids is 1. The number of nitrogens with zero attached hydrogens (tertiary/aromatic N) is 3. The van der Waals surface area contributed by atoms with Crippen LogP contribution in [0.1, 0.15) is 32.3 Å². The molecule has 2 heterocycles. The molecule has 34 heavy (non-hydrogen) atoms. The summed E-state index contributed by atoms with van der Waals surface area (Å²) >= 11 is 0. The molecule has 0 spiro atoms. The number of amides is 1. The van der Waals surface area contributed by atoms with Crippen molar-refractivity contribution < 1.29 is 19.2 Å². The van der Waals surface area contributed by atoms with Gasteiger partial charge in [-0.15, -0.1) is 0 Å². The first-order valence-electron chi connectivity index (χ1n) is 11.5. The van der Waals surface area contributed by atoms with E-state index in [-0.39, 0.29) is 11.7 Å². The topological polar surface area (TPSA) is 98.9 Å². The van der Waals surface area contributed by atoms with E-state index in [1.807, 2.05) is 28.8 Å². The van der Waals surface area contributed by atoms with Crippen LogP contribution in [0.25, 0.3) is 10.9 Å². The van der Waals surface area contributed by atoms with Crippen molar-refractivity contribution in [1.29, 1.82) is 0 Å². The van der Waals surface area contributed by atoms with Crippen molar-refractivity contribution in [3.63, 3.8) is 0 Å². The lowest BCUT2D eigenvalue weighted by Crippen LogP contribution is -2.47. The molecule has 0 saturated carbocycles. The van der Waals surface area contributed by atoms with Gasteiger partial charge in [-0.3, -0.25) is 10.1 Å². The Morgan fingerprint density at radius 1 is 1.18 bits per heavy atom. The van der Waals surface area contributed by atoms with Crippen LogP contribution in [-0.2, 0) is 6.54 Å². The van der Waals surface area contributed by atoms with Gasteiger partial charge < -0.3 is 24.3 Å². The molecule has 1 aromatic heterocycles. The minimum Gasteiger partial charge on any atom is -0.497 e. The van der Waals surface area contributed by atoms with Crippen molar-refractivity contribution in [1.82, 2.24) is 14.8 Å². The maximum atomic E-state index is 12.8. The standard InChI is InChI=1S/C25H30N4O5/c1-17(2)27-11-9-20(10-12-27)26-25(30)34-24-15-19-14-21(29(31)32)7-8-23(19)28(24)16-18-5-4-6-22(13-18)33-3/h4-8,13-15,17,20H,9-12,16H2,1-3H3,(H,26,30). The van der Waals surface area contributed by atoms with E-state index < -0.39 is 11.0 Å². The third-order valence-corrected chi connectivity index (χ3v) is 6.31. The molecule has 9 nitrogen and oxygen atoms in total. The Morgan fingerprint density at radius 3 is 2.62 bits per heavy atom. The summed E-state index contributed by atoms with van der Waals surface area (Å²) in [6.07, 6.45) is 1.21. The molecule has 180 valence electrons. The quantitative estimate of drug-likeness (QED) is 0.405. The summed E-state index contributed by atoms with van der Waals surface area (Å²) in [5.41, 5.74) is 1.67. The summed E-state index contributed by atoms with van der Waals surface area (Å²) in [6.45, 7) is 6.62. The number of fused-ring (bicyclic) bond motifs is 1. The van der Waals surface area contributed by atoms with Gasteiger partial charge >= 0.3 is 6.09 Å². The number of hydrogen-bond acceptors (Lipinski definition) is 6. The Bertz CT molecular complexity index is 1180. The smallest absolute Gasteiger partial charge is 0.414 e. The molecule has 3 aromatic rings. The Kier molecular flexibility index (Phi) is 7.02. The lowest BCUT2D eigenvalue weighted by molar-refractivity contribution is -0.384. The zero-order valence-electron chi connectivity index (χ0n) is 19.7. The van der Waals surface area contributed by atoms with Gasteiger partial charge in [0.1, 0.15) is 5.75 Å². The number of likely N-dealkylation sites (tertiary alicyclic amines) is 1. The zero-order valence-corrected chi connectivity index (χ0v) is 19.7. The molecule has 0 bridgehead atoms. The fourth-order valence-electron chi connectivity index (χ4n) is 4.40. The molecule has 1 amide bonds. The molecule has 1 aliphatic heterocycles. The van der Waals surface area contributed by atoms with E-state index in [4.69, 9.17) is 9.47 Å². The Morgan fingerprint density at radius 2 is 1.94 bits per heavy atom. The van der Waals surface area contributed by atoms with Gasteiger partial charge in [0.05, 0.1) is 24.1 Å². The number of piperidine rings is 1. The van der Waals surface area contributed by atoms with Gasteiger partial charge in [0.15, 0.2) is 0 Å². The van der Waals surface area contributed by atoms with Crippen LogP contribution < -0.4 is 14.8 Å². The van der Waals surface area contributed by atoms with Crippen molar-refractivity contribution in [2.45, 2.75) is 45.3 Å². The molecule has 0 radical (unpaired) electrons. The number of aromatic nitrogens is 1. The van der Waals surface area contributed by atoms with E-state index in [1.54, 1.807) is 19.2 Å². The van der Waals surface area contributed by atoms with Crippen LogP contribution in [-0.4, -0.2) is 52.8 Å². The van der Waals surface area contributed by atoms with Gasteiger partial charge in [-0.1, -0.05) is 12.1 Å². The molecule has 1 aliphatic rings. The van der Waals surface area contributed by atoms with Gasteiger partial charge in [0.2, 0.25) is 5.88 Å². The first kappa shape index (κ1) is 23.6. The van der Waals surface area contributed by atoms with Crippen LogP contribution in [0.4, 0.5) is 10.5 Å². The van der Waals surface area contributed by atoms with Gasteiger partial charge in [-0.25, -0.2) is 4.79 Å². The fourth-order valence-corrected chi connectivity index (χ4v) is 4.40. The highest BCUT2D eigenvalue weighted by molar-refractivity contribution is 5.86. The molecule has 0 aliphatic carbocycles. The molecule has 1 saturated heterocycles. The molecule has 4 rings (SSSR count). The SMILES string of the molecule is COc1cccc(Cn2c(OC(=O)NC3CCN(C(C)C)CC3)cc3cc([N+](=O)[O-])ccc32)c1. The summed E-state index contributed by atoms with van der Waals surface area (Å²) < 4.78 is 12.9. The number of methoxy groups -OCH3 is 1.